The smallest absolute Gasteiger partial charge is 0.228 e. The van der Waals surface area contributed by atoms with Gasteiger partial charge in [0.25, 0.3) is 0 Å². The molecule has 5 rings (SSSR count). The number of aromatic nitrogens is 2. The van der Waals surface area contributed by atoms with Crippen molar-refractivity contribution in [3.8, 4) is 10.6 Å². The molecule has 1 saturated carbocycles. The first-order valence-corrected chi connectivity index (χ1v) is 12.1. The molecular formula is C24H27N5O2S. The van der Waals surface area contributed by atoms with Crippen molar-refractivity contribution in [2.24, 2.45) is 5.92 Å². The number of benzene rings is 1. The Morgan fingerprint density at radius 1 is 1.09 bits per heavy atom. The molecule has 1 aromatic carbocycles. The normalized spacial score (nSPS) is 21.8. The van der Waals surface area contributed by atoms with Gasteiger partial charge in [0.2, 0.25) is 11.8 Å². The molecule has 2 aliphatic rings. The van der Waals surface area contributed by atoms with Crippen molar-refractivity contribution in [2.45, 2.75) is 50.9 Å². The molecule has 7 nitrogen and oxygen atoms in total. The van der Waals surface area contributed by atoms with Crippen LogP contribution in [0.3, 0.4) is 0 Å². The number of nitrogens with one attached hydrogen (secondary N) is 3. The second-order valence-corrected chi connectivity index (χ2v) is 9.41. The first kappa shape index (κ1) is 20.9. The maximum Gasteiger partial charge on any atom is 0.228 e. The Bertz CT molecular complexity index is 1070. The minimum Gasteiger partial charge on any atom is -0.322 e. The number of thiophene rings is 1. The topological polar surface area (TPSA) is 88.1 Å². The summed E-state index contributed by atoms with van der Waals surface area (Å²) in [6.45, 7) is 0. The Morgan fingerprint density at radius 2 is 1.91 bits per heavy atom. The molecule has 2 aromatic heterocycles. The Kier molecular flexibility index (Phi) is 6.05. The van der Waals surface area contributed by atoms with Gasteiger partial charge in [0.15, 0.2) is 6.29 Å². The van der Waals surface area contributed by atoms with Crippen molar-refractivity contribution in [3.63, 3.8) is 0 Å². The molecule has 3 N–H and O–H groups in total. The van der Waals surface area contributed by atoms with Crippen molar-refractivity contribution in [1.29, 1.82) is 0 Å². The van der Waals surface area contributed by atoms with E-state index in [4.69, 9.17) is 5.10 Å². The molecule has 2 amide bonds. The first-order valence-electron chi connectivity index (χ1n) is 11.2. The van der Waals surface area contributed by atoms with Crippen LogP contribution in [-0.4, -0.2) is 21.6 Å². The van der Waals surface area contributed by atoms with E-state index < -0.39 is 6.29 Å². The van der Waals surface area contributed by atoms with Gasteiger partial charge in [0.1, 0.15) is 11.5 Å². The third-order valence-electron chi connectivity index (χ3n) is 6.23. The molecule has 1 saturated heterocycles. The van der Waals surface area contributed by atoms with E-state index in [1.807, 2.05) is 53.9 Å². The van der Waals surface area contributed by atoms with Crippen LogP contribution >= 0.6 is 11.3 Å². The summed E-state index contributed by atoms with van der Waals surface area (Å²) in [5.74, 6) is 0.601. The maximum absolute atomic E-state index is 13.0. The Labute approximate surface area is 191 Å². The van der Waals surface area contributed by atoms with Crippen LogP contribution in [0.25, 0.3) is 10.6 Å². The molecule has 0 radical (unpaired) electrons. The molecule has 3 heterocycles. The summed E-state index contributed by atoms with van der Waals surface area (Å²) in [6.07, 6.45) is 5.02. The van der Waals surface area contributed by atoms with E-state index in [2.05, 4.69) is 16.0 Å². The lowest BCUT2D eigenvalue weighted by molar-refractivity contribution is -0.125. The highest BCUT2D eigenvalue weighted by Gasteiger charge is 2.31. The van der Waals surface area contributed by atoms with Crippen LogP contribution in [0.1, 0.15) is 56.4 Å². The van der Waals surface area contributed by atoms with Crippen molar-refractivity contribution in [3.05, 3.63) is 59.5 Å². The van der Waals surface area contributed by atoms with Crippen LogP contribution in [0.15, 0.2) is 53.9 Å². The molecule has 166 valence electrons. The quantitative estimate of drug-likeness (QED) is 0.537. The molecule has 1 aliphatic carbocycles. The monoisotopic (exact) mass is 449 g/mol. The predicted octanol–water partition coefficient (Wildman–Crippen LogP) is 4.44. The molecule has 0 bridgehead atoms. The minimum absolute atomic E-state index is 0.0308. The summed E-state index contributed by atoms with van der Waals surface area (Å²) in [6, 6.07) is 15.7. The first-order chi connectivity index (χ1) is 15.7. The van der Waals surface area contributed by atoms with E-state index in [9.17, 15) is 9.59 Å². The molecule has 2 fully saturated rings. The van der Waals surface area contributed by atoms with Gasteiger partial charge in [0.05, 0.1) is 4.88 Å². The van der Waals surface area contributed by atoms with Crippen LogP contribution in [0.2, 0.25) is 0 Å². The molecule has 2 atom stereocenters. The number of nitrogens with zero attached hydrogens (tertiary/aromatic N) is 2. The van der Waals surface area contributed by atoms with Crippen molar-refractivity contribution >= 4 is 29.0 Å². The van der Waals surface area contributed by atoms with Gasteiger partial charge >= 0.3 is 0 Å². The van der Waals surface area contributed by atoms with E-state index in [0.717, 1.165) is 41.8 Å². The van der Waals surface area contributed by atoms with Crippen molar-refractivity contribution in [2.75, 3.05) is 5.32 Å². The van der Waals surface area contributed by atoms with E-state index in [1.54, 1.807) is 16.0 Å². The highest BCUT2D eigenvalue weighted by Crippen LogP contribution is 2.31. The molecule has 32 heavy (non-hydrogen) atoms. The van der Waals surface area contributed by atoms with Crippen molar-refractivity contribution in [1.82, 2.24) is 20.4 Å². The van der Waals surface area contributed by atoms with Gasteiger partial charge in [-0.1, -0.05) is 55.7 Å². The molecule has 8 heteroatoms. The summed E-state index contributed by atoms with van der Waals surface area (Å²) in [5.41, 5.74) is 1.82. The lowest BCUT2D eigenvalue weighted by Gasteiger charge is -2.32. The van der Waals surface area contributed by atoms with Gasteiger partial charge in [-0.3, -0.25) is 14.9 Å². The van der Waals surface area contributed by atoms with Crippen LogP contribution in [0.5, 0.6) is 0 Å². The SMILES string of the molecule is O=C1CC(c2ccccc2)NC(n2nc(-c3cccs3)cc2NC(=O)C2CCCCC2)N1. The summed E-state index contributed by atoms with van der Waals surface area (Å²) in [4.78, 5) is 26.6. The van der Waals surface area contributed by atoms with E-state index in [0.29, 0.717) is 12.2 Å². The van der Waals surface area contributed by atoms with Crippen LogP contribution in [0.4, 0.5) is 5.82 Å². The molecule has 3 aromatic rings. The molecule has 0 spiro atoms. The number of carbonyl (C=O) groups excluding carboxylic acids is 2. The van der Waals surface area contributed by atoms with Gasteiger partial charge in [-0.15, -0.1) is 11.3 Å². The van der Waals surface area contributed by atoms with E-state index in [1.165, 1.54) is 6.42 Å². The third kappa shape index (κ3) is 4.47. The largest absolute Gasteiger partial charge is 0.322 e. The number of anilines is 1. The maximum atomic E-state index is 13.0. The standard InChI is InChI=1S/C24H27N5O2S/c30-22-15-18(16-8-3-1-4-9-16)25-24(27-22)29-21(14-19(28-29)20-12-7-13-32-20)26-23(31)17-10-5-2-6-11-17/h1,3-4,7-9,12-14,17-18,24-25H,2,5-6,10-11,15H2,(H,26,31)(H,27,30). The van der Waals surface area contributed by atoms with Crippen molar-refractivity contribution < 1.29 is 9.59 Å². The summed E-state index contributed by atoms with van der Waals surface area (Å²) < 4.78 is 1.70. The zero-order valence-electron chi connectivity index (χ0n) is 17.8. The number of rotatable bonds is 5. The van der Waals surface area contributed by atoms with Crippen LogP contribution in [-0.2, 0) is 9.59 Å². The molecule has 2 unspecified atom stereocenters. The average molecular weight is 450 g/mol. The minimum atomic E-state index is -0.558. The summed E-state index contributed by atoms with van der Waals surface area (Å²) >= 11 is 1.59. The number of amides is 2. The van der Waals surface area contributed by atoms with Gasteiger partial charge in [-0.25, -0.2) is 4.68 Å². The number of carbonyl (C=O) groups is 2. The fraction of sp³-hybridized carbons (Fsp3) is 0.375. The second-order valence-electron chi connectivity index (χ2n) is 8.46. The van der Waals surface area contributed by atoms with E-state index >= 15 is 0 Å². The highest BCUT2D eigenvalue weighted by molar-refractivity contribution is 7.13. The predicted molar refractivity (Wildman–Crippen MR) is 125 cm³/mol. The summed E-state index contributed by atoms with van der Waals surface area (Å²) in [7, 11) is 0. The van der Waals surface area contributed by atoms with Crippen LogP contribution < -0.4 is 16.0 Å². The zero-order valence-corrected chi connectivity index (χ0v) is 18.6. The zero-order chi connectivity index (χ0) is 21.9. The Hall–Kier alpha value is -2.97. The van der Waals surface area contributed by atoms with Crippen LogP contribution in [0, 0.1) is 5.92 Å². The average Bonchev–Trinajstić information content (AvgIpc) is 3.50. The summed E-state index contributed by atoms with van der Waals surface area (Å²) in [5, 5.41) is 16.4. The molecular weight excluding hydrogens is 422 g/mol. The Balaban J connectivity index is 1.44. The number of hydrogen-bond donors (Lipinski definition) is 3. The Morgan fingerprint density at radius 3 is 2.66 bits per heavy atom. The third-order valence-corrected chi connectivity index (χ3v) is 7.12. The van der Waals surface area contributed by atoms with Gasteiger partial charge in [-0.2, -0.15) is 5.10 Å². The van der Waals surface area contributed by atoms with Gasteiger partial charge < -0.3 is 10.6 Å². The fourth-order valence-corrected chi connectivity index (χ4v) is 5.22. The highest BCUT2D eigenvalue weighted by atomic mass is 32.1. The number of hydrogen-bond acceptors (Lipinski definition) is 5. The van der Waals surface area contributed by atoms with Gasteiger partial charge in [0, 0.05) is 24.4 Å². The van der Waals surface area contributed by atoms with Gasteiger partial charge in [-0.05, 0) is 29.9 Å². The fourth-order valence-electron chi connectivity index (χ4n) is 4.54. The second kappa shape index (κ2) is 9.26. The molecule has 1 aliphatic heterocycles. The lowest BCUT2D eigenvalue weighted by Crippen LogP contribution is -2.50. The van der Waals surface area contributed by atoms with E-state index in [-0.39, 0.29) is 23.8 Å². The lowest BCUT2D eigenvalue weighted by atomic mass is 9.89.